The molecule has 1 aliphatic carbocycles. The summed E-state index contributed by atoms with van der Waals surface area (Å²) in [5, 5.41) is 4.37. The van der Waals surface area contributed by atoms with Gasteiger partial charge < -0.3 is 0 Å². The fourth-order valence-electron chi connectivity index (χ4n) is 3.69. The van der Waals surface area contributed by atoms with Crippen molar-refractivity contribution in [2.75, 3.05) is 13.1 Å². The molecule has 0 spiro atoms. The van der Waals surface area contributed by atoms with Crippen molar-refractivity contribution in [1.29, 1.82) is 0 Å². The monoisotopic (exact) mass is 354 g/mol. The van der Waals surface area contributed by atoms with E-state index < -0.39 is 10.0 Å². The van der Waals surface area contributed by atoms with Crippen LogP contribution >= 0.6 is 0 Å². The first-order valence-corrected chi connectivity index (χ1v) is 10.7. The molecule has 2 atom stereocenters. The molecule has 1 aromatic rings. The second kappa shape index (κ2) is 7.14. The van der Waals surface area contributed by atoms with E-state index in [9.17, 15) is 8.42 Å². The van der Waals surface area contributed by atoms with Crippen LogP contribution in [0.1, 0.15) is 50.8 Å². The first-order chi connectivity index (χ1) is 11.4. The first kappa shape index (κ1) is 17.9. The lowest BCUT2D eigenvalue weighted by Crippen LogP contribution is -2.42. The summed E-state index contributed by atoms with van der Waals surface area (Å²) < 4.78 is 29.6. The Hall–Kier alpha value is -0.920. The summed E-state index contributed by atoms with van der Waals surface area (Å²) in [5.41, 5.74) is 2.32. The van der Waals surface area contributed by atoms with Crippen LogP contribution in [0.15, 0.2) is 6.20 Å². The van der Waals surface area contributed by atoms with Gasteiger partial charge in [-0.15, -0.1) is 0 Å². The van der Waals surface area contributed by atoms with E-state index in [1.807, 2.05) is 11.6 Å². The normalized spacial score (nSPS) is 25.5. The van der Waals surface area contributed by atoms with Gasteiger partial charge in [-0.25, -0.2) is 13.1 Å². The molecule has 3 rings (SSSR count). The van der Waals surface area contributed by atoms with Crippen LogP contribution in [0, 0.1) is 12.8 Å². The SMILES string of the molecule is CCC[C@@H]1CN(Cc2cn(CC)nc2C)C[C@H]1NS(=O)(=O)C1CC1. The Bertz CT molecular complexity index is 666. The number of aryl methyl sites for hydroxylation is 2. The number of likely N-dealkylation sites (tertiary alicyclic amines) is 1. The van der Waals surface area contributed by atoms with Crippen molar-refractivity contribution in [3.63, 3.8) is 0 Å². The Morgan fingerprint density at radius 1 is 1.29 bits per heavy atom. The minimum atomic E-state index is -3.12. The molecule has 1 N–H and O–H groups in total. The van der Waals surface area contributed by atoms with Crippen molar-refractivity contribution >= 4 is 10.0 Å². The molecule has 0 bridgehead atoms. The standard InChI is InChI=1S/C17H30N4O2S/c1-4-6-14-9-20(10-15-11-21(5-2)18-13(15)3)12-17(14)19-24(22,23)16-7-8-16/h11,14,16-17,19H,4-10,12H2,1-3H3/t14-,17-/m1/s1. The zero-order valence-electron chi connectivity index (χ0n) is 15.0. The van der Waals surface area contributed by atoms with Crippen LogP contribution in [-0.4, -0.2) is 47.5 Å². The molecule has 2 heterocycles. The Morgan fingerprint density at radius 2 is 2.04 bits per heavy atom. The number of nitrogens with one attached hydrogen (secondary N) is 1. The topological polar surface area (TPSA) is 67.2 Å². The fourth-order valence-corrected chi connectivity index (χ4v) is 5.33. The van der Waals surface area contributed by atoms with E-state index in [4.69, 9.17) is 0 Å². The zero-order valence-corrected chi connectivity index (χ0v) is 15.8. The van der Waals surface area contributed by atoms with E-state index in [2.05, 4.69) is 34.8 Å². The minimum absolute atomic E-state index is 0.0528. The van der Waals surface area contributed by atoms with E-state index in [0.29, 0.717) is 5.92 Å². The molecule has 24 heavy (non-hydrogen) atoms. The van der Waals surface area contributed by atoms with Crippen molar-refractivity contribution in [1.82, 2.24) is 19.4 Å². The van der Waals surface area contributed by atoms with Gasteiger partial charge in [-0.1, -0.05) is 13.3 Å². The molecule has 1 aromatic heterocycles. The summed E-state index contributed by atoms with van der Waals surface area (Å²) in [6.07, 6.45) is 5.92. The molecular formula is C17H30N4O2S. The maximum atomic E-state index is 12.3. The highest BCUT2D eigenvalue weighted by molar-refractivity contribution is 7.90. The van der Waals surface area contributed by atoms with E-state index in [1.165, 1.54) is 5.56 Å². The third-order valence-corrected chi connectivity index (χ3v) is 7.20. The highest BCUT2D eigenvalue weighted by atomic mass is 32.2. The Balaban J connectivity index is 1.66. The van der Waals surface area contributed by atoms with Crippen molar-refractivity contribution in [2.24, 2.45) is 5.92 Å². The summed E-state index contributed by atoms with van der Waals surface area (Å²) in [6, 6.07) is 0.0528. The Morgan fingerprint density at radius 3 is 2.62 bits per heavy atom. The van der Waals surface area contributed by atoms with Gasteiger partial charge >= 0.3 is 0 Å². The molecule has 1 saturated carbocycles. The van der Waals surface area contributed by atoms with E-state index >= 15 is 0 Å². The molecule has 1 aliphatic heterocycles. The van der Waals surface area contributed by atoms with Crippen molar-refractivity contribution in [3.8, 4) is 0 Å². The first-order valence-electron chi connectivity index (χ1n) is 9.19. The predicted octanol–water partition coefficient (Wildman–Crippen LogP) is 1.89. The van der Waals surface area contributed by atoms with E-state index in [0.717, 1.165) is 57.6 Å². The summed E-state index contributed by atoms with van der Waals surface area (Å²) in [5.74, 6) is 0.407. The summed E-state index contributed by atoms with van der Waals surface area (Å²) in [6.45, 7) is 9.80. The van der Waals surface area contributed by atoms with Crippen LogP contribution in [0.5, 0.6) is 0 Å². The van der Waals surface area contributed by atoms with Gasteiger partial charge in [0.2, 0.25) is 10.0 Å². The van der Waals surface area contributed by atoms with Crippen LogP contribution in [0.2, 0.25) is 0 Å². The molecular weight excluding hydrogens is 324 g/mol. The average molecular weight is 355 g/mol. The summed E-state index contributed by atoms with van der Waals surface area (Å²) in [4.78, 5) is 2.38. The Kier molecular flexibility index (Phi) is 5.32. The number of sulfonamides is 1. The molecule has 6 nitrogen and oxygen atoms in total. The van der Waals surface area contributed by atoms with E-state index in [-0.39, 0.29) is 11.3 Å². The smallest absolute Gasteiger partial charge is 0.214 e. The lowest BCUT2D eigenvalue weighted by molar-refractivity contribution is 0.311. The summed E-state index contributed by atoms with van der Waals surface area (Å²) >= 11 is 0. The third kappa shape index (κ3) is 4.00. The maximum Gasteiger partial charge on any atom is 0.214 e. The molecule has 2 fully saturated rings. The maximum absolute atomic E-state index is 12.3. The van der Waals surface area contributed by atoms with Crippen LogP contribution in [0.3, 0.4) is 0 Å². The van der Waals surface area contributed by atoms with Gasteiger partial charge in [0.05, 0.1) is 10.9 Å². The summed E-state index contributed by atoms with van der Waals surface area (Å²) in [7, 11) is -3.12. The van der Waals surface area contributed by atoms with Gasteiger partial charge in [0.1, 0.15) is 0 Å². The molecule has 2 aliphatic rings. The van der Waals surface area contributed by atoms with Crippen molar-refractivity contribution in [2.45, 2.75) is 70.8 Å². The lowest BCUT2D eigenvalue weighted by atomic mass is 9.99. The van der Waals surface area contributed by atoms with Gasteiger partial charge in [0.15, 0.2) is 0 Å². The quantitative estimate of drug-likeness (QED) is 0.774. The second-order valence-corrected chi connectivity index (χ2v) is 9.30. The Labute approximate surface area is 145 Å². The van der Waals surface area contributed by atoms with Gasteiger partial charge in [-0.2, -0.15) is 5.10 Å². The molecule has 136 valence electrons. The van der Waals surface area contributed by atoms with Gasteiger partial charge in [0.25, 0.3) is 0 Å². The largest absolute Gasteiger partial charge is 0.297 e. The number of hydrogen-bond donors (Lipinski definition) is 1. The van der Waals surface area contributed by atoms with Crippen molar-refractivity contribution < 1.29 is 8.42 Å². The average Bonchev–Trinajstić information content (AvgIpc) is 3.25. The molecule has 0 unspecified atom stereocenters. The minimum Gasteiger partial charge on any atom is -0.297 e. The van der Waals surface area contributed by atoms with E-state index in [1.54, 1.807) is 0 Å². The van der Waals surface area contributed by atoms with Crippen LogP contribution in [0.4, 0.5) is 0 Å². The number of hydrogen-bond acceptors (Lipinski definition) is 4. The number of aromatic nitrogens is 2. The van der Waals surface area contributed by atoms with Crippen molar-refractivity contribution in [3.05, 3.63) is 17.5 Å². The number of rotatable bonds is 8. The van der Waals surface area contributed by atoms with Gasteiger partial charge in [-0.05, 0) is 39.0 Å². The van der Waals surface area contributed by atoms with Gasteiger partial charge in [0, 0.05) is 44.0 Å². The molecule has 0 amide bonds. The van der Waals surface area contributed by atoms with Crippen LogP contribution in [-0.2, 0) is 23.1 Å². The lowest BCUT2D eigenvalue weighted by Gasteiger charge is -2.19. The highest BCUT2D eigenvalue weighted by Crippen LogP contribution is 2.30. The number of nitrogens with zero attached hydrogens (tertiary/aromatic N) is 3. The molecule has 7 heteroatoms. The fraction of sp³-hybridized carbons (Fsp3) is 0.824. The second-order valence-electron chi connectivity index (χ2n) is 7.31. The molecule has 0 radical (unpaired) electrons. The predicted molar refractivity (Wildman–Crippen MR) is 95.2 cm³/mol. The van der Waals surface area contributed by atoms with Crippen LogP contribution < -0.4 is 4.72 Å². The highest BCUT2D eigenvalue weighted by Gasteiger charge is 2.41. The third-order valence-electron chi connectivity index (χ3n) is 5.22. The zero-order chi connectivity index (χ0) is 17.3. The van der Waals surface area contributed by atoms with Crippen LogP contribution in [0.25, 0.3) is 0 Å². The van der Waals surface area contributed by atoms with Gasteiger partial charge in [-0.3, -0.25) is 9.58 Å². The molecule has 1 saturated heterocycles. The molecule has 0 aromatic carbocycles.